The number of rotatable bonds is 3. The Hall–Kier alpha value is 0.190. The second-order valence-corrected chi connectivity index (χ2v) is 3.67. The third kappa shape index (κ3) is 1.80. The normalized spacial score (nSPS) is 32.6. The van der Waals surface area contributed by atoms with Crippen molar-refractivity contribution < 1.29 is 28.8 Å². The van der Waals surface area contributed by atoms with E-state index in [4.69, 9.17) is 14.9 Å². The molecule has 1 heterocycles. The van der Waals surface area contributed by atoms with Crippen molar-refractivity contribution in [1.82, 2.24) is 0 Å². The summed E-state index contributed by atoms with van der Waals surface area (Å²) in [7, 11) is -4.54. The van der Waals surface area contributed by atoms with Gasteiger partial charge in [-0.15, -0.1) is 0 Å². The van der Waals surface area contributed by atoms with Crippen molar-refractivity contribution in [2.45, 2.75) is 0 Å². The van der Waals surface area contributed by atoms with Crippen LogP contribution in [0.3, 0.4) is 0 Å². The number of hydrogen-bond donors (Lipinski definition) is 3. The van der Waals surface area contributed by atoms with E-state index in [1.807, 2.05) is 0 Å². The van der Waals surface area contributed by atoms with Crippen LogP contribution in [0.4, 0.5) is 0 Å². The number of aliphatic hydroxyl groups excluding tert-OH is 1. The molecule has 0 aromatic carbocycles. The summed E-state index contributed by atoms with van der Waals surface area (Å²) in [4.78, 5) is 17.3. The molecule has 1 aliphatic rings. The summed E-state index contributed by atoms with van der Waals surface area (Å²) in [6.07, 6.45) is 0. The second-order valence-electron chi connectivity index (χ2n) is 1.51. The Morgan fingerprint density at radius 2 is 1.89 bits per heavy atom. The van der Waals surface area contributed by atoms with Crippen LogP contribution in [0.25, 0.3) is 0 Å². The first-order valence-corrected chi connectivity index (χ1v) is 4.11. The maximum atomic E-state index is 8.63. The Bertz CT molecular complexity index is 114. The maximum absolute atomic E-state index is 8.63. The predicted molar refractivity (Wildman–Crippen MR) is 26.6 cm³/mol. The Labute approximate surface area is 50.9 Å². The van der Waals surface area contributed by atoms with Crippen LogP contribution in [0.1, 0.15) is 0 Å². The van der Waals surface area contributed by atoms with Gasteiger partial charge in [-0.1, -0.05) is 0 Å². The van der Waals surface area contributed by atoms with Crippen LogP contribution in [0.5, 0.6) is 0 Å². The van der Waals surface area contributed by atoms with Crippen molar-refractivity contribution in [2.24, 2.45) is 0 Å². The van der Waals surface area contributed by atoms with E-state index in [9.17, 15) is 0 Å². The van der Waals surface area contributed by atoms with Gasteiger partial charge in [-0.2, -0.15) is 0 Å². The van der Waals surface area contributed by atoms with Crippen LogP contribution in [-0.2, 0) is 13.9 Å². The van der Waals surface area contributed by atoms with Crippen LogP contribution >= 0.6 is 7.74 Å². The molecule has 0 aromatic heterocycles. The van der Waals surface area contributed by atoms with E-state index in [1.165, 1.54) is 0 Å². The molecule has 7 heteroatoms. The Balaban J connectivity index is 2.26. The fraction of sp³-hybridized carbons (Fsp3) is 1.00. The molecular weight excluding hydrogens is 151 g/mol. The first kappa shape index (κ1) is 7.30. The minimum atomic E-state index is -4.54. The van der Waals surface area contributed by atoms with Gasteiger partial charge in [-0.3, -0.25) is 0 Å². The molecule has 6 nitrogen and oxygen atoms in total. The van der Waals surface area contributed by atoms with Crippen molar-refractivity contribution in [3.05, 3.63) is 0 Å². The molecule has 9 heavy (non-hydrogen) atoms. The molecule has 0 radical (unpaired) electrons. The molecule has 1 fully saturated rings. The molecule has 0 unspecified atom stereocenters. The van der Waals surface area contributed by atoms with E-state index < -0.39 is 7.74 Å². The van der Waals surface area contributed by atoms with Crippen LogP contribution in [0.15, 0.2) is 0 Å². The van der Waals surface area contributed by atoms with E-state index in [0.717, 1.165) is 0 Å². The summed E-state index contributed by atoms with van der Waals surface area (Å²) in [5.41, 5.74) is 0. The summed E-state index contributed by atoms with van der Waals surface area (Å²) < 4.78 is 11.8. The summed E-state index contributed by atoms with van der Waals surface area (Å²) in [5.74, 6) is 0. The monoisotopic (exact) mass is 158 g/mol. The van der Waals surface area contributed by atoms with Crippen LogP contribution in [0.2, 0.25) is 0 Å². The van der Waals surface area contributed by atoms with E-state index in [2.05, 4.69) is 13.9 Å². The van der Waals surface area contributed by atoms with Gasteiger partial charge in [0.15, 0.2) is 0 Å². The predicted octanol–water partition coefficient (Wildman–Crippen LogP) is -0.930. The molecule has 1 aliphatic heterocycles. The molecule has 0 saturated carbocycles. The topological polar surface area (TPSA) is 95.0 Å². The van der Waals surface area contributed by atoms with Crippen molar-refractivity contribution in [1.29, 1.82) is 0 Å². The first-order valence-electron chi connectivity index (χ1n) is 2.22. The molecule has 0 spiro atoms. The third-order valence-corrected chi connectivity index (χ3v) is 1.83. The number of aliphatic hydroxyl groups is 1. The fourth-order valence-corrected chi connectivity index (χ4v) is 1.11. The SMILES string of the molecule is OCCOP1(O)(O)OO1. The molecule has 3 N–H and O–H groups in total. The van der Waals surface area contributed by atoms with Gasteiger partial charge in [-0.25, -0.2) is 0 Å². The van der Waals surface area contributed by atoms with Gasteiger partial charge < -0.3 is 0 Å². The zero-order valence-corrected chi connectivity index (χ0v) is 5.32. The standard InChI is InChI=1S/C2H7O6P/c3-1-2-6-9(4,5)7-8-9/h3-5H,1-2H2. The molecule has 1 saturated heterocycles. The molecule has 0 amide bonds. The molecule has 1 rings (SSSR count). The average Bonchev–Trinajstić information content (AvgIpc) is 2.41. The number of hydrogen-bond acceptors (Lipinski definition) is 6. The van der Waals surface area contributed by atoms with Crippen LogP contribution < -0.4 is 0 Å². The minimum absolute atomic E-state index is 0.217. The fourth-order valence-electron chi connectivity index (χ4n) is 0.283. The Morgan fingerprint density at radius 3 is 2.22 bits per heavy atom. The quantitative estimate of drug-likeness (QED) is 0.279. The summed E-state index contributed by atoms with van der Waals surface area (Å²) in [6.45, 7) is -0.531. The van der Waals surface area contributed by atoms with Gasteiger partial charge in [-0.05, 0) is 0 Å². The van der Waals surface area contributed by atoms with Gasteiger partial charge in [0.2, 0.25) is 0 Å². The van der Waals surface area contributed by atoms with Gasteiger partial charge >= 0.3 is 49.7 Å². The van der Waals surface area contributed by atoms with Gasteiger partial charge in [0.05, 0.1) is 0 Å². The van der Waals surface area contributed by atoms with Crippen molar-refractivity contribution >= 4 is 7.74 Å². The first-order chi connectivity index (χ1) is 4.05. The van der Waals surface area contributed by atoms with Crippen molar-refractivity contribution in [3.8, 4) is 0 Å². The summed E-state index contributed by atoms with van der Waals surface area (Å²) >= 11 is 0. The third-order valence-electron chi connectivity index (χ3n) is 0.672. The Morgan fingerprint density at radius 1 is 1.33 bits per heavy atom. The van der Waals surface area contributed by atoms with Gasteiger partial charge in [0.25, 0.3) is 0 Å². The van der Waals surface area contributed by atoms with E-state index in [1.54, 1.807) is 0 Å². The second kappa shape index (κ2) is 1.83. The van der Waals surface area contributed by atoms with Crippen LogP contribution in [0, 0.1) is 0 Å². The molecule has 0 aromatic rings. The average molecular weight is 158 g/mol. The molecule has 0 atom stereocenters. The summed E-state index contributed by atoms with van der Waals surface area (Å²) in [6, 6.07) is 0. The molecular formula is C2H7O6P. The van der Waals surface area contributed by atoms with Gasteiger partial charge in [0.1, 0.15) is 0 Å². The summed E-state index contributed by atoms with van der Waals surface area (Å²) in [5, 5.41) is 8.13. The zero-order chi connectivity index (χ0) is 6.98. The Kier molecular flexibility index (Phi) is 1.49. The molecule has 56 valence electrons. The van der Waals surface area contributed by atoms with E-state index in [0.29, 0.717) is 0 Å². The van der Waals surface area contributed by atoms with E-state index in [-0.39, 0.29) is 13.2 Å². The van der Waals surface area contributed by atoms with E-state index >= 15 is 0 Å². The molecule has 0 aliphatic carbocycles. The van der Waals surface area contributed by atoms with Crippen LogP contribution in [-0.4, -0.2) is 28.1 Å². The zero-order valence-electron chi connectivity index (χ0n) is 4.43. The molecule has 0 bridgehead atoms. The van der Waals surface area contributed by atoms with Crippen molar-refractivity contribution in [2.75, 3.05) is 13.2 Å². The van der Waals surface area contributed by atoms with Gasteiger partial charge in [0, 0.05) is 0 Å². The van der Waals surface area contributed by atoms with Crippen molar-refractivity contribution in [3.63, 3.8) is 0 Å².